The Morgan fingerprint density at radius 1 is 1.26 bits per heavy atom. The Labute approximate surface area is 113 Å². The molecule has 0 unspecified atom stereocenters. The molecule has 1 saturated carbocycles. The quantitative estimate of drug-likeness (QED) is 0.894. The summed E-state index contributed by atoms with van der Waals surface area (Å²) >= 11 is 0. The highest BCUT2D eigenvalue weighted by Crippen LogP contribution is 2.39. The second-order valence-corrected chi connectivity index (χ2v) is 5.35. The second kappa shape index (κ2) is 5.13. The fraction of sp³-hybridized carbons (Fsp3) is 0.467. The minimum absolute atomic E-state index is 0.0440. The van der Waals surface area contributed by atoms with Crippen LogP contribution in [0.2, 0.25) is 0 Å². The molecule has 1 fully saturated rings. The Balaban J connectivity index is 1.58. The molecular weight excluding hydrogens is 238 g/mol. The molecule has 0 amide bonds. The molecule has 0 spiro atoms. The first-order chi connectivity index (χ1) is 9.28. The zero-order valence-electron chi connectivity index (χ0n) is 11.2. The maximum atomic E-state index is 4.87. The van der Waals surface area contributed by atoms with Gasteiger partial charge in [0.25, 0.3) is 0 Å². The van der Waals surface area contributed by atoms with Gasteiger partial charge in [0.15, 0.2) is 5.82 Å². The van der Waals surface area contributed by atoms with Crippen LogP contribution in [0.5, 0.6) is 0 Å². The van der Waals surface area contributed by atoms with E-state index in [4.69, 9.17) is 4.52 Å². The van der Waals surface area contributed by atoms with Gasteiger partial charge in [-0.1, -0.05) is 35.0 Å². The van der Waals surface area contributed by atoms with Gasteiger partial charge in [0.05, 0.1) is 5.54 Å². The largest absolute Gasteiger partial charge is 0.343 e. The van der Waals surface area contributed by atoms with Gasteiger partial charge in [-0.25, -0.2) is 0 Å². The third-order valence-electron chi connectivity index (χ3n) is 3.99. The number of rotatable bonds is 5. The maximum absolute atomic E-state index is 4.87. The van der Waals surface area contributed by atoms with Crippen LogP contribution in [-0.4, -0.2) is 16.7 Å². The summed E-state index contributed by atoms with van der Waals surface area (Å²) in [4.78, 5) is 4.21. The van der Waals surface area contributed by atoms with Crippen LogP contribution in [0.1, 0.15) is 36.2 Å². The lowest BCUT2D eigenvalue weighted by Crippen LogP contribution is -2.49. The van der Waals surface area contributed by atoms with Crippen LogP contribution in [-0.2, 0) is 12.0 Å². The van der Waals surface area contributed by atoms with E-state index in [0.717, 1.165) is 31.6 Å². The summed E-state index contributed by atoms with van der Waals surface area (Å²) in [5, 5.41) is 7.61. The number of aromatic nitrogens is 2. The summed E-state index contributed by atoms with van der Waals surface area (Å²) in [5.74, 6) is 0.808. The van der Waals surface area contributed by atoms with Crippen molar-refractivity contribution in [3.05, 3.63) is 47.6 Å². The van der Waals surface area contributed by atoms with Crippen LogP contribution in [0.15, 0.2) is 35.2 Å². The van der Waals surface area contributed by atoms with Crippen LogP contribution in [0.4, 0.5) is 0 Å². The number of benzene rings is 1. The highest BCUT2D eigenvalue weighted by molar-refractivity contribution is 5.21. The molecule has 0 saturated heterocycles. The summed E-state index contributed by atoms with van der Waals surface area (Å²) in [6.45, 7) is 3.05. The molecule has 4 heteroatoms. The summed E-state index contributed by atoms with van der Waals surface area (Å²) in [5.41, 5.74) is 2.62. The van der Waals surface area contributed by atoms with E-state index in [0.29, 0.717) is 0 Å². The Hall–Kier alpha value is -1.68. The smallest absolute Gasteiger partial charge is 0.213 e. The topological polar surface area (TPSA) is 51.0 Å². The number of nitrogens with zero attached hydrogens (tertiary/aromatic N) is 2. The predicted molar refractivity (Wildman–Crippen MR) is 72.7 cm³/mol. The first-order valence-electron chi connectivity index (χ1n) is 6.86. The van der Waals surface area contributed by atoms with Crippen molar-refractivity contribution in [1.82, 2.24) is 15.5 Å². The van der Waals surface area contributed by atoms with E-state index in [9.17, 15) is 0 Å². The summed E-state index contributed by atoms with van der Waals surface area (Å²) in [6, 6.07) is 8.71. The number of hydrogen-bond donors (Lipinski definition) is 1. The summed E-state index contributed by atoms with van der Waals surface area (Å²) in [7, 11) is 0. The maximum Gasteiger partial charge on any atom is 0.213 e. The average molecular weight is 257 g/mol. The van der Waals surface area contributed by atoms with Crippen molar-refractivity contribution in [3.8, 4) is 0 Å². The van der Waals surface area contributed by atoms with E-state index in [1.165, 1.54) is 23.9 Å². The Kier molecular flexibility index (Phi) is 3.34. The Morgan fingerprint density at radius 3 is 2.63 bits per heavy atom. The normalized spacial score (nSPS) is 17.1. The van der Waals surface area contributed by atoms with Crippen molar-refractivity contribution in [2.45, 2.75) is 38.1 Å². The molecule has 0 bridgehead atoms. The van der Waals surface area contributed by atoms with Gasteiger partial charge in [0, 0.05) is 6.54 Å². The first-order valence-corrected chi connectivity index (χ1v) is 6.86. The van der Waals surface area contributed by atoms with Crippen molar-refractivity contribution in [2.75, 3.05) is 6.54 Å². The van der Waals surface area contributed by atoms with E-state index in [1.807, 2.05) is 0 Å². The lowest BCUT2D eigenvalue weighted by atomic mass is 9.76. The Bertz CT molecular complexity index is 515. The molecule has 1 aromatic heterocycles. The first kappa shape index (κ1) is 12.4. The molecule has 1 N–H and O–H groups in total. The minimum Gasteiger partial charge on any atom is -0.343 e. The van der Waals surface area contributed by atoms with Gasteiger partial charge < -0.3 is 9.84 Å². The molecule has 4 nitrogen and oxygen atoms in total. The highest BCUT2D eigenvalue weighted by atomic mass is 16.5. The molecule has 0 radical (unpaired) electrons. The van der Waals surface area contributed by atoms with Crippen molar-refractivity contribution < 1.29 is 4.52 Å². The van der Waals surface area contributed by atoms with Crippen LogP contribution in [0.25, 0.3) is 0 Å². The van der Waals surface area contributed by atoms with E-state index < -0.39 is 0 Å². The SMILES string of the molecule is Cc1ccc(CCNC2(c3ncon3)CCC2)cc1. The van der Waals surface area contributed by atoms with Gasteiger partial charge in [0.2, 0.25) is 6.39 Å². The van der Waals surface area contributed by atoms with E-state index in [2.05, 4.69) is 46.6 Å². The monoisotopic (exact) mass is 257 g/mol. The van der Waals surface area contributed by atoms with Gasteiger partial charge in [0.1, 0.15) is 0 Å². The number of hydrogen-bond acceptors (Lipinski definition) is 4. The van der Waals surface area contributed by atoms with Crippen LogP contribution in [0.3, 0.4) is 0 Å². The summed E-state index contributed by atoms with van der Waals surface area (Å²) in [6.07, 6.45) is 5.86. The van der Waals surface area contributed by atoms with Crippen LogP contribution >= 0.6 is 0 Å². The van der Waals surface area contributed by atoms with Gasteiger partial charge in [-0.2, -0.15) is 4.98 Å². The second-order valence-electron chi connectivity index (χ2n) is 5.35. The molecule has 0 atom stereocenters. The van der Waals surface area contributed by atoms with Gasteiger partial charge in [-0.05, 0) is 38.2 Å². The average Bonchev–Trinajstić information content (AvgIpc) is 2.89. The third kappa shape index (κ3) is 2.54. The lowest BCUT2D eigenvalue weighted by Gasteiger charge is -2.40. The minimum atomic E-state index is -0.0440. The van der Waals surface area contributed by atoms with Crippen molar-refractivity contribution in [1.29, 1.82) is 0 Å². The van der Waals surface area contributed by atoms with Crippen molar-refractivity contribution >= 4 is 0 Å². The molecule has 1 aliphatic rings. The molecule has 1 aliphatic carbocycles. The molecule has 2 aromatic rings. The number of nitrogens with one attached hydrogen (secondary N) is 1. The van der Waals surface area contributed by atoms with Crippen molar-refractivity contribution in [3.63, 3.8) is 0 Å². The van der Waals surface area contributed by atoms with E-state index in [-0.39, 0.29) is 5.54 Å². The zero-order valence-corrected chi connectivity index (χ0v) is 11.2. The molecular formula is C15H19N3O. The standard InChI is InChI=1S/C15H19N3O/c1-12-3-5-13(6-4-12)7-10-17-15(8-2-9-15)14-16-11-19-18-14/h3-6,11,17H,2,7-10H2,1H3. The molecule has 19 heavy (non-hydrogen) atoms. The number of aryl methyl sites for hydroxylation is 1. The van der Waals surface area contributed by atoms with E-state index in [1.54, 1.807) is 0 Å². The fourth-order valence-electron chi connectivity index (χ4n) is 2.59. The predicted octanol–water partition coefficient (Wildman–Crippen LogP) is 2.59. The van der Waals surface area contributed by atoms with Crippen LogP contribution < -0.4 is 5.32 Å². The third-order valence-corrected chi connectivity index (χ3v) is 3.99. The molecule has 3 rings (SSSR count). The van der Waals surface area contributed by atoms with Crippen molar-refractivity contribution in [2.24, 2.45) is 0 Å². The Morgan fingerprint density at radius 2 is 2.05 bits per heavy atom. The molecule has 1 heterocycles. The van der Waals surface area contributed by atoms with Crippen LogP contribution in [0, 0.1) is 6.92 Å². The summed E-state index contributed by atoms with van der Waals surface area (Å²) < 4.78 is 4.87. The molecule has 100 valence electrons. The van der Waals surface area contributed by atoms with Gasteiger partial charge >= 0.3 is 0 Å². The molecule has 0 aliphatic heterocycles. The fourth-order valence-corrected chi connectivity index (χ4v) is 2.59. The van der Waals surface area contributed by atoms with Gasteiger partial charge in [-0.3, -0.25) is 0 Å². The molecule has 1 aromatic carbocycles. The lowest BCUT2D eigenvalue weighted by molar-refractivity contribution is 0.169. The van der Waals surface area contributed by atoms with Gasteiger partial charge in [-0.15, -0.1) is 0 Å². The van der Waals surface area contributed by atoms with E-state index >= 15 is 0 Å². The zero-order chi connectivity index (χ0) is 13.1. The highest BCUT2D eigenvalue weighted by Gasteiger charge is 2.41.